The molecule has 2 aromatic carbocycles. The van der Waals surface area contributed by atoms with Crippen LogP contribution in [0.25, 0.3) is 5.76 Å². The van der Waals surface area contributed by atoms with Gasteiger partial charge in [-0.25, -0.2) is 0 Å². The van der Waals surface area contributed by atoms with Crippen molar-refractivity contribution >= 4 is 17.4 Å². The maximum atomic E-state index is 13.5. The van der Waals surface area contributed by atoms with E-state index < -0.39 is 17.7 Å². The van der Waals surface area contributed by atoms with Crippen molar-refractivity contribution in [2.45, 2.75) is 46.3 Å². The molecule has 4 rings (SSSR count). The van der Waals surface area contributed by atoms with Gasteiger partial charge in [-0.3, -0.25) is 9.59 Å². The summed E-state index contributed by atoms with van der Waals surface area (Å²) < 4.78 is 17.4. The van der Waals surface area contributed by atoms with Crippen molar-refractivity contribution in [3.05, 3.63) is 71.3 Å². The second kappa shape index (κ2) is 12.4. The van der Waals surface area contributed by atoms with E-state index in [0.717, 1.165) is 24.4 Å². The highest BCUT2D eigenvalue weighted by molar-refractivity contribution is 6.46. The summed E-state index contributed by atoms with van der Waals surface area (Å²) in [5.74, 6) is 0.273. The van der Waals surface area contributed by atoms with Crippen LogP contribution in [0.4, 0.5) is 0 Å². The van der Waals surface area contributed by atoms with Gasteiger partial charge in [0, 0.05) is 25.1 Å². The van der Waals surface area contributed by atoms with E-state index in [-0.39, 0.29) is 17.4 Å². The molecule has 8 heteroatoms. The molecule has 1 amide bonds. The normalized spacial score (nSPS) is 19.8. The number of likely N-dealkylation sites (N-methyl/N-ethyl adjacent to an activating group) is 1. The highest BCUT2D eigenvalue weighted by Crippen LogP contribution is 2.42. The number of carbonyl (C=O) groups excluding carboxylic acids is 2. The molecule has 1 fully saturated rings. The first-order valence-electron chi connectivity index (χ1n) is 13.6. The minimum atomic E-state index is -0.781. The molecule has 0 radical (unpaired) electrons. The number of fused-ring (bicyclic) bond motifs is 1. The van der Waals surface area contributed by atoms with E-state index in [2.05, 4.69) is 25.3 Å². The van der Waals surface area contributed by atoms with Crippen molar-refractivity contribution in [3.8, 4) is 17.2 Å². The van der Waals surface area contributed by atoms with Crippen LogP contribution in [0, 0.1) is 0 Å². The fourth-order valence-corrected chi connectivity index (χ4v) is 5.20. The van der Waals surface area contributed by atoms with Crippen molar-refractivity contribution in [2.24, 2.45) is 0 Å². The molecule has 208 valence electrons. The van der Waals surface area contributed by atoms with Crippen LogP contribution in [-0.4, -0.2) is 72.1 Å². The van der Waals surface area contributed by atoms with Crippen molar-refractivity contribution in [1.82, 2.24) is 9.80 Å². The first kappa shape index (κ1) is 28.2. The second-order valence-electron chi connectivity index (χ2n) is 9.71. The minimum Gasteiger partial charge on any atom is -0.507 e. The summed E-state index contributed by atoms with van der Waals surface area (Å²) in [5, 5.41) is 11.5. The molecular formula is C31H38N2O6. The summed E-state index contributed by atoms with van der Waals surface area (Å²) in [6.45, 7) is 15.0. The molecule has 1 N–H and O–H groups in total. The molecular weight excluding hydrogens is 496 g/mol. The summed E-state index contributed by atoms with van der Waals surface area (Å²) in [4.78, 5) is 30.6. The fourth-order valence-electron chi connectivity index (χ4n) is 5.20. The zero-order valence-corrected chi connectivity index (χ0v) is 23.2. The Hall–Kier alpha value is -3.78. The lowest BCUT2D eigenvalue weighted by atomic mass is 9.94. The van der Waals surface area contributed by atoms with E-state index >= 15 is 0 Å². The Balaban J connectivity index is 1.82. The molecule has 2 atom stereocenters. The first-order chi connectivity index (χ1) is 18.8. The molecule has 0 unspecified atom stereocenters. The molecule has 39 heavy (non-hydrogen) atoms. The van der Waals surface area contributed by atoms with Crippen LogP contribution < -0.4 is 14.2 Å². The number of nitrogens with zero attached hydrogens (tertiary/aromatic N) is 2. The number of ether oxygens (including phenoxy) is 3. The zero-order valence-electron chi connectivity index (χ0n) is 23.2. The van der Waals surface area contributed by atoms with Gasteiger partial charge in [-0.2, -0.15) is 0 Å². The number of aliphatic hydroxyl groups excluding tert-OH is 1. The summed E-state index contributed by atoms with van der Waals surface area (Å²) in [6, 6.07) is 9.95. The van der Waals surface area contributed by atoms with Crippen LogP contribution in [0.2, 0.25) is 0 Å². The number of hydrogen-bond donors (Lipinski definition) is 1. The Morgan fingerprint density at radius 2 is 1.90 bits per heavy atom. The predicted molar refractivity (Wildman–Crippen MR) is 150 cm³/mol. The minimum absolute atomic E-state index is 0.0434. The van der Waals surface area contributed by atoms with Gasteiger partial charge < -0.3 is 29.1 Å². The molecule has 0 spiro atoms. The molecule has 2 aliphatic heterocycles. The van der Waals surface area contributed by atoms with Crippen molar-refractivity contribution in [3.63, 3.8) is 0 Å². The first-order valence-corrected chi connectivity index (χ1v) is 13.6. The Morgan fingerprint density at radius 3 is 2.59 bits per heavy atom. The summed E-state index contributed by atoms with van der Waals surface area (Å²) in [7, 11) is 0. The summed E-state index contributed by atoms with van der Waals surface area (Å²) in [6.07, 6.45) is 2.40. The third-order valence-corrected chi connectivity index (χ3v) is 7.20. The number of ketones is 1. The Bertz CT molecular complexity index is 1270. The number of rotatable bonds is 12. The predicted octanol–water partition coefficient (Wildman–Crippen LogP) is 4.74. The van der Waals surface area contributed by atoms with E-state index in [9.17, 15) is 14.7 Å². The Kier molecular flexibility index (Phi) is 8.97. The van der Waals surface area contributed by atoms with Crippen molar-refractivity contribution in [1.29, 1.82) is 0 Å². The van der Waals surface area contributed by atoms with Gasteiger partial charge in [0.15, 0.2) is 11.5 Å². The molecule has 2 aliphatic rings. The molecule has 0 aliphatic carbocycles. The standard InChI is InChI=1S/C31H38N2O6/c1-6-16-38-25-13-10-21(19-26(25)37-9-4)28-27(30(35)31(36)33(28)15-14-32(7-2)8-3)29(34)22-11-12-24-23(18-22)17-20(5)39-24/h6,10-13,18-20,28,34H,1,7-9,14-17H2,2-5H3/t20-,28+/m0/s1. The van der Waals surface area contributed by atoms with Gasteiger partial charge >= 0.3 is 0 Å². The van der Waals surface area contributed by atoms with Crippen molar-refractivity contribution < 1.29 is 28.9 Å². The highest BCUT2D eigenvalue weighted by Gasteiger charge is 2.46. The van der Waals surface area contributed by atoms with Gasteiger partial charge in [0.25, 0.3) is 11.7 Å². The topological polar surface area (TPSA) is 88.5 Å². The third-order valence-electron chi connectivity index (χ3n) is 7.20. The van der Waals surface area contributed by atoms with E-state index in [1.807, 2.05) is 26.0 Å². The monoisotopic (exact) mass is 534 g/mol. The average molecular weight is 535 g/mol. The maximum Gasteiger partial charge on any atom is 0.295 e. The van der Waals surface area contributed by atoms with Gasteiger partial charge in [0.2, 0.25) is 0 Å². The van der Waals surface area contributed by atoms with Gasteiger partial charge in [0.05, 0.1) is 18.2 Å². The number of hydrogen-bond acceptors (Lipinski definition) is 7. The smallest absolute Gasteiger partial charge is 0.295 e. The van der Waals surface area contributed by atoms with Crippen molar-refractivity contribution in [2.75, 3.05) is 39.4 Å². The molecule has 1 saturated heterocycles. The van der Waals surface area contributed by atoms with E-state index in [4.69, 9.17) is 14.2 Å². The van der Waals surface area contributed by atoms with E-state index in [0.29, 0.717) is 55.4 Å². The van der Waals surface area contributed by atoms with Gasteiger partial charge in [-0.05, 0) is 68.4 Å². The van der Waals surface area contributed by atoms with E-state index in [1.165, 1.54) is 0 Å². The molecule has 2 aromatic rings. The number of amides is 1. The fraction of sp³-hybridized carbons (Fsp3) is 0.419. The van der Waals surface area contributed by atoms with Crippen LogP contribution in [0.5, 0.6) is 17.2 Å². The number of carbonyl (C=O) groups is 2. The van der Waals surface area contributed by atoms with Gasteiger partial charge in [0.1, 0.15) is 24.2 Å². The van der Waals surface area contributed by atoms with Crippen LogP contribution in [0.1, 0.15) is 50.4 Å². The third kappa shape index (κ3) is 5.81. The summed E-state index contributed by atoms with van der Waals surface area (Å²) in [5.41, 5.74) is 2.16. The lowest BCUT2D eigenvalue weighted by Crippen LogP contribution is -2.38. The molecule has 8 nitrogen and oxygen atoms in total. The van der Waals surface area contributed by atoms with Gasteiger partial charge in [-0.1, -0.05) is 32.6 Å². The Morgan fingerprint density at radius 1 is 1.13 bits per heavy atom. The molecule has 0 aromatic heterocycles. The average Bonchev–Trinajstić information content (AvgIpc) is 3.43. The number of aliphatic hydroxyl groups is 1. The molecule has 2 heterocycles. The lowest BCUT2D eigenvalue weighted by molar-refractivity contribution is -0.140. The summed E-state index contributed by atoms with van der Waals surface area (Å²) >= 11 is 0. The quantitative estimate of drug-likeness (QED) is 0.182. The lowest BCUT2D eigenvalue weighted by Gasteiger charge is -2.28. The van der Waals surface area contributed by atoms with Crippen LogP contribution in [-0.2, 0) is 16.0 Å². The van der Waals surface area contributed by atoms with Crippen LogP contribution in [0.3, 0.4) is 0 Å². The highest BCUT2D eigenvalue weighted by atomic mass is 16.5. The van der Waals surface area contributed by atoms with E-state index in [1.54, 1.807) is 35.2 Å². The number of Topliss-reactive ketones (excluding diaryl/α,β-unsaturated/α-hetero) is 1. The van der Waals surface area contributed by atoms with Gasteiger partial charge in [-0.15, -0.1) is 0 Å². The number of likely N-dealkylation sites (tertiary alicyclic amines) is 1. The number of benzene rings is 2. The maximum absolute atomic E-state index is 13.5. The Labute approximate surface area is 230 Å². The SMILES string of the molecule is C=CCOc1ccc([C@@H]2C(=C(O)c3ccc4c(c3)C[C@H](C)O4)C(=O)C(=O)N2CCN(CC)CC)cc1OCC. The largest absolute Gasteiger partial charge is 0.507 e. The zero-order chi connectivity index (χ0) is 28.1. The molecule has 0 bridgehead atoms. The van der Waals surface area contributed by atoms with Crippen LogP contribution in [0.15, 0.2) is 54.6 Å². The molecule has 0 saturated carbocycles. The van der Waals surface area contributed by atoms with Crippen LogP contribution >= 0.6 is 0 Å². The second-order valence-corrected chi connectivity index (χ2v) is 9.71.